The number of allylic oxidation sites excluding steroid dienone is 2. The first kappa shape index (κ1) is 15.9. The number of fused-ring (bicyclic) bond motifs is 1. The van der Waals surface area contributed by atoms with Crippen molar-refractivity contribution in [2.45, 2.75) is 18.9 Å². The van der Waals surface area contributed by atoms with Crippen LogP contribution in [0.3, 0.4) is 0 Å². The van der Waals surface area contributed by atoms with Crippen LogP contribution in [0.1, 0.15) is 23.2 Å². The van der Waals surface area contributed by atoms with Gasteiger partial charge in [0.25, 0.3) is 5.91 Å². The summed E-state index contributed by atoms with van der Waals surface area (Å²) in [6.07, 6.45) is 5.24. The van der Waals surface area contributed by atoms with Crippen LogP contribution in [0.2, 0.25) is 0 Å². The Balaban J connectivity index is 1.45. The van der Waals surface area contributed by atoms with Crippen LogP contribution in [-0.4, -0.2) is 53.8 Å². The highest BCUT2D eigenvalue weighted by atomic mass is 16.5. The van der Waals surface area contributed by atoms with Crippen LogP contribution in [0.25, 0.3) is 0 Å². The summed E-state index contributed by atoms with van der Waals surface area (Å²) in [5, 5.41) is 0. The molecule has 2 aliphatic heterocycles. The lowest BCUT2D eigenvalue weighted by atomic mass is 9.85. The molecule has 6 heteroatoms. The summed E-state index contributed by atoms with van der Waals surface area (Å²) < 4.78 is 5.24. The van der Waals surface area contributed by atoms with E-state index in [9.17, 15) is 14.4 Å². The fraction of sp³-hybridized carbons (Fsp3) is 0.421. The number of nitrogens with zero attached hydrogens (tertiary/aromatic N) is 2. The minimum absolute atomic E-state index is 0.0752. The third-order valence-electron chi connectivity index (χ3n) is 5.39. The molecular formula is C19H20N2O4. The summed E-state index contributed by atoms with van der Waals surface area (Å²) in [6.45, 7) is 0.780. The number of methoxy groups -OCH3 is 1. The Morgan fingerprint density at radius 3 is 2.24 bits per heavy atom. The first-order chi connectivity index (χ1) is 12.1. The van der Waals surface area contributed by atoms with Gasteiger partial charge < -0.3 is 9.64 Å². The van der Waals surface area contributed by atoms with E-state index in [1.165, 1.54) is 12.0 Å². The molecule has 2 fully saturated rings. The lowest BCUT2D eigenvalue weighted by Gasteiger charge is -2.43. The van der Waals surface area contributed by atoms with Gasteiger partial charge in [-0.05, 0) is 25.0 Å². The van der Waals surface area contributed by atoms with Crippen molar-refractivity contribution in [3.63, 3.8) is 0 Å². The number of carbonyl (C=O) groups is 3. The summed E-state index contributed by atoms with van der Waals surface area (Å²) in [5.41, 5.74) is 0.500. The van der Waals surface area contributed by atoms with Crippen LogP contribution in [0, 0.1) is 11.8 Å². The second kappa shape index (κ2) is 6.02. The predicted molar refractivity (Wildman–Crippen MR) is 89.9 cm³/mol. The predicted octanol–water partition coefficient (Wildman–Crippen LogP) is 1.47. The lowest BCUT2D eigenvalue weighted by Crippen LogP contribution is -2.62. The molecule has 0 spiro atoms. The van der Waals surface area contributed by atoms with E-state index in [1.54, 1.807) is 23.1 Å². The van der Waals surface area contributed by atoms with E-state index < -0.39 is 0 Å². The van der Waals surface area contributed by atoms with Crippen LogP contribution < -0.4 is 4.74 Å². The number of para-hydroxylation sites is 1. The molecule has 3 amide bonds. The molecule has 2 unspecified atom stereocenters. The summed E-state index contributed by atoms with van der Waals surface area (Å²) in [6, 6.07) is 6.87. The van der Waals surface area contributed by atoms with E-state index in [-0.39, 0.29) is 35.6 Å². The smallest absolute Gasteiger partial charge is 0.257 e. The van der Waals surface area contributed by atoms with Crippen LogP contribution in [0.4, 0.5) is 0 Å². The topological polar surface area (TPSA) is 66.9 Å². The Morgan fingerprint density at radius 1 is 1.04 bits per heavy atom. The number of imide groups is 1. The zero-order valence-electron chi connectivity index (χ0n) is 14.1. The van der Waals surface area contributed by atoms with Gasteiger partial charge >= 0.3 is 0 Å². The fourth-order valence-corrected chi connectivity index (χ4v) is 3.96. The van der Waals surface area contributed by atoms with Crippen molar-refractivity contribution in [1.29, 1.82) is 0 Å². The van der Waals surface area contributed by atoms with Crippen molar-refractivity contribution in [2.24, 2.45) is 11.8 Å². The summed E-state index contributed by atoms with van der Waals surface area (Å²) >= 11 is 0. The Hall–Kier alpha value is -2.63. The van der Waals surface area contributed by atoms with Crippen molar-refractivity contribution >= 4 is 17.7 Å². The highest BCUT2D eigenvalue weighted by Gasteiger charge is 2.52. The number of amides is 3. The van der Waals surface area contributed by atoms with Gasteiger partial charge in [0.2, 0.25) is 11.8 Å². The summed E-state index contributed by atoms with van der Waals surface area (Å²) in [7, 11) is 1.53. The maximum absolute atomic E-state index is 12.6. The van der Waals surface area contributed by atoms with Gasteiger partial charge in [-0.3, -0.25) is 19.3 Å². The molecule has 0 N–H and O–H groups in total. The zero-order valence-corrected chi connectivity index (χ0v) is 14.1. The number of ether oxygens (including phenoxy) is 1. The first-order valence-electron chi connectivity index (χ1n) is 8.56. The second-order valence-corrected chi connectivity index (χ2v) is 6.77. The molecule has 3 aliphatic rings. The van der Waals surface area contributed by atoms with Gasteiger partial charge in [0, 0.05) is 13.1 Å². The molecule has 0 radical (unpaired) electrons. The Labute approximate surface area is 146 Å². The summed E-state index contributed by atoms with van der Waals surface area (Å²) in [4.78, 5) is 40.9. The fourth-order valence-electron chi connectivity index (χ4n) is 3.96. The van der Waals surface area contributed by atoms with Crippen LogP contribution >= 0.6 is 0 Å². The molecule has 0 aromatic heterocycles. The van der Waals surface area contributed by atoms with E-state index in [0.29, 0.717) is 37.2 Å². The molecule has 0 saturated carbocycles. The lowest BCUT2D eigenvalue weighted by molar-refractivity contribution is -0.145. The van der Waals surface area contributed by atoms with E-state index >= 15 is 0 Å². The molecule has 2 atom stereocenters. The minimum Gasteiger partial charge on any atom is -0.496 e. The Morgan fingerprint density at radius 2 is 1.64 bits per heavy atom. The van der Waals surface area contributed by atoms with Gasteiger partial charge in [0.15, 0.2) is 0 Å². The Kier molecular flexibility index (Phi) is 3.82. The maximum Gasteiger partial charge on any atom is 0.257 e. The van der Waals surface area contributed by atoms with Gasteiger partial charge in [0.1, 0.15) is 5.75 Å². The molecule has 6 nitrogen and oxygen atoms in total. The van der Waals surface area contributed by atoms with Crippen molar-refractivity contribution in [2.75, 3.05) is 20.2 Å². The zero-order chi connectivity index (χ0) is 17.6. The van der Waals surface area contributed by atoms with E-state index in [0.717, 1.165) is 0 Å². The van der Waals surface area contributed by atoms with Crippen molar-refractivity contribution in [1.82, 2.24) is 9.80 Å². The highest BCUT2D eigenvalue weighted by molar-refractivity contribution is 6.06. The Bertz CT molecular complexity index is 740. The molecule has 2 saturated heterocycles. The molecule has 1 aromatic rings. The van der Waals surface area contributed by atoms with Crippen molar-refractivity contribution < 1.29 is 19.1 Å². The van der Waals surface area contributed by atoms with Crippen molar-refractivity contribution in [3.05, 3.63) is 42.0 Å². The number of carbonyl (C=O) groups excluding carboxylic acids is 3. The van der Waals surface area contributed by atoms with Gasteiger partial charge in [-0.1, -0.05) is 24.3 Å². The first-order valence-corrected chi connectivity index (χ1v) is 8.56. The van der Waals surface area contributed by atoms with E-state index in [1.807, 2.05) is 18.2 Å². The molecule has 4 rings (SSSR count). The SMILES string of the molecule is COc1ccccc1C(=O)N1CC(N2C(=O)C3CC=CCC3C2=O)C1. The number of hydrogen-bond acceptors (Lipinski definition) is 4. The summed E-state index contributed by atoms with van der Waals surface area (Å²) in [5.74, 6) is -0.177. The van der Waals surface area contributed by atoms with E-state index in [4.69, 9.17) is 4.74 Å². The monoisotopic (exact) mass is 340 g/mol. The number of benzene rings is 1. The molecule has 25 heavy (non-hydrogen) atoms. The molecule has 2 heterocycles. The van der Waals surface area contributed by atoms with Crippen LogP contribution in [0.15, 0.2) is 36.4 Å². The minimum atomic E-state index is -0.212. The van der Waals surface area contributed by atoms with Gasteiger partial charge in [-0.15, -0.1) is 0 Å². The standard InChI is InChI=1S/C19H20N2O4/c1-25-16-9-5-4-8-15(16)17(22)20-10-12(11-20)21-18(23)13-6-2-3-7-14(13)19(21)24/h2-5,8-9,12-14H,6-7,10-11H2,1H3. The van der Waals surface area contributed by atoms with E-state index in [2.05, 4.69) is 0 Å². The third kappa shape index (κ3) is 2.44. The molecular weight excluding hydrogens is 320 g/mol. The largest absolute Gasteiger partial charge is 0.496 e. The average molecular weight is 340 g/mol. The number of hydrogen-bond donors (Lipinski definition) is 0. The number of likely N-dealkylation sites (tertiary alicyclic amines) is 2. The quantitative estimate of drug-likeness (QED) is 0.617. The second-order valence-electron chi connectivity index (χ2n) is 6.77. The molecule has 1 aliphatic carbocycles. The normalized spacial score (nSPS) is 25.8. The van der Waals surface area contributed by atoms with Crippen LogP contribution in [-0.2, 0) is 9.59 Å². The molecule has 1 aromatic carbocycles. The molecule has 0 bridgehead atoms. The maximum atomic E-state index is 12.6. The highest BCUT2D eigenvalue weighted by Crippen LogP contribution is 2.37. The van der Waals surface area contributed by atoms with Crippen LogP contribution in [0.5, 0.6) is 5.75 Å². The van der Waals surface area contributed by atoms with Gasteiger partial charge in [0.05, 0.1) is 30.6 Å². The molecule has 130 valence electrons. The third-order valence-corrected chi connectivity index (χ3v) is 5.39. The van der Waals surface area contributed by atoms with Gasteiger partial charge in [-0.25, -0.2) is 0 Å². The van der Waals surface area contributed by atoms with Gasteiger partial charge in [-0.2, -0.15) is 0 Å². The average Bonchev–Trinajstić information content (AvgIpc) is 2.86. The number of rotatable bonds is 3. The van der Waals surface area contributed by atoms with Crippen molar-refractivity contribution in [3.8, 4) is 5.75 Å².